The van der Waals surface area contributed by atoms with E-state index >= 15 is 0 Å². The minimum atomic E-state index is -0.602. The van der Waals surface area contributed by atoms with Crippen molar-refractivity contribution in [1.29, 1.82) is 0 Å². The zero-order valence-electron chi connectivity index (χ0n) is 14.9. The molecule has 3 rings (SSSR count). The van der Waals surface area contributed by atoms with Gasteiger partial charge in [-0.05, 0) is 55.5 Å². The summed E-state index contributed by atoms with van der Waals surface area (Å²) in [4.78, 5) is 27.3. The van der Waals surface area contributed by atoms with E-state index in [0.717, 1.165) is 16.5 Å². The molecule has 0 fully saturated rings. The number of hydrogen-bond acceptors (Lipinski definition) is 3. The summed E-state index contributed by atoms with van der Waals surface area (Å²) < 4.78 is 5.59. The minimum Gasteiger partial charge on any atom is -0.481 e. The highest BCUT2D eigenvalue weighted by atomic mass is 16.5. The second-order valence-corrected chi connectivity index (χ2v) is 6.33. The van der Waals surface area contributed by atoms with Crippen molar-refractivity contribution in [2.24, 2.45) is 0 Å². The van der Waals surface area contributed by atoms with Crippen molar-refractivity contribution in [2.75, 3.05) is 6.54 Å². The predicted octanol–water partition coefficient (Wildman–Crippen LogP) is 2.96. The van der Waals surface area contributed by atoms with E-state index in [1.165, 1.54) is 0 Å². The Morgan fingerprint density at radius 3 is 2.69 bits per heavy atom. The highest BCUT2D eigenvalue weighted by molar-refractivity contribution is 5.81. The maximum absolute atomic E-state index is 12.2. The molecule has 1 amide bonds. The van der Waals surface area contributed by atoms with Crippen molar-refractivity contribution in [3.05, 3.63) is 76.1 Å². The molecular weight excluding hydrogens is 328 g/mol. The first kappa shape index (κ1) is 17.7. The molecule has 134 valence electrons. The van der Waals surface area contributed by atoms with E-state index in [2.05, 4.69) is 10.3 Å². The largest absolute Gasteiger partial charge is 0.481 e. The average Bonchev–Trinajstić information content (AvgIpc) is 2.63. The molecule has 0 saturated heterocycles. The molecule has 1 aromatic heterocycles. The van der Waals surface area contributed by atoms with Crippen LogP contribution in [0.1, 0.15) is 18.1 Å². The van der Waals surface area contributed by atoms with Crippen molar-refractivity contribution in [3.63, 3.8) is 0 Å². The molecule has 0 spiro atoms. The summed E-state index contributed by atoms with van der Waals surface area (Å²) in [5.41, 5.74) is 2.46. The van der Waals surface area contributed by atoms with Gasteiger partial charge in [-0.15, -0.1) is 0 Å². The van der Waals surface area contributed by atoms with Gasteiger partial charge in [0.05, 0.1) is 0 Å². The second-order valence-electron chi connectivity index (χ2n) is 6.33. The van der Waals surface area contributed by atoms with Crippen LogP contribution >= 0.6 is 0 Å². The third-order valence-electron chi connectivity index (χ3n) is 4.20. The van der Waals surface area contributed by atoms with Crippen LogP contribution in [0.5, 0.6) is 5.75 Å². The number of carbonyl (C=O) groups is 1. The van der Waals surface area contributed by atoms with Gasteiger partial charge in [-0.3, -0.25) is 9.59 Å². The van der Waals surface area contributed by atoms with Crippen LogP contribution < -0.4 is 15.6 Å². The fraction of sp³-hybridized carbons (Fsp3) is 0.238. The molecule has 5 heteroatoms. The standard InChI is InChI=1S/C21H22N2O3/c1-14-8-9-16-13-17(21(25)23-19(16)12-14)10-11-22-20(24)15(2)26-18-6-4-3-5-7-18/h3-9,12-13,15H,10-11H2,1-2H3,(H,22,24)(H,23,25). The number of aryl methyl sites for hydroxylation is 1. The molecule has 1 atom stereocenters. The molecule has 2 aromatic carbocycles. The first-order chi connectivity index (χ1) is 12.5. The Balaban J connectivity index is 1.58. The van der Waals surface area contributed by atoms with Gasteiger partial charge in [-0.1, -0.05) is 30.3 Å². The third-order valence-corrected chi connectivity index (χ3v) is 4.20. The van der Waals surface area contributed by atoms with Crippen molar-refractivity contribution < 1.29 is 9.53 Å². The molecule has 1 heterocycles. The van der Waals surface area contributed by atoms with Gasteiger partial charge in [0.25, 0.3) is 11.5 Å². The molecule has 26 heavy (non-hydrogen) atoms. The highest BCUT2D eigenvalue weighted by Gasteiger charge is 2.14. The first-order valence-corrected chi connectivity index (χ1v) is 8.65. The van der Waals surface area contributed by atoms with Gasteiger partial charge < -0.3 is 15.0 Å². The predicted molar refractivity (Wildman–Crippen MR) is 103 cm³/mol. The summed E-state index contributed by atoms with van der Waals surface area (Å²) in [7, 11) is 0. The van der Waals surface area contributed by atoms with Crippen LogP contribution in [0.2, 0.25) is 0 Å². The maximum Gasteiger partial charge on any atom is 0.260 e. The molecule has 5 nitrogen and oxygen atoms in total. The van der Waals surface area contributed by atoms with E-state index in [1.54, 1.807) is 19.1 Å². The van der Waals surface area contributed by atoms with Gasteiger partial charge in [0, 0.05) is 17.6 Å². The molecule has 3 aromatic rings. The van der Waals surface area contributed by atoms with Gasteiger partial charge in [0.1, 0.15) is 5.75 Å². The number of pyridine rings is 1. The van der Waals surface area contributed by atoms with Crippen LogP contribution in [-0.4, -0.2) is 23.5 Å². The van der Waals surface area contributed by atoms with Gasteiger partial charge in [0.15, 0.2) is 6.10 Å². The fourth-order valence-corrected chi connectivity index (χ4v) is 2.77. The molecule has 0 bridgehead atoms. The van der Waals surface area contributed by atoms with Crippen LogP contribution in [0.15, 0.2) is 59.4 Å². The number of fused-ring (bicyclic) bond motifs is 1. The molecule has 1 unspecified atom stereocenters. The molecule has 2 N–H and O–H groups in total. The summed E-state index contributed by atoms with van der Waals surface area (Å²) in [6.45, 7) is 4.06. The maximum atomic E-state index is 12.2. The Bertz CT molecular complexity index is 964. The van der Waals surface area contributed by atoms with Crippen LogP contribution in [0.25, 0.3) is 10.9 Å². The summed E-state index contributed by atoms with van der Waals surface area (Å²) in [5.74, 6) is 0.443. The number of para-hydroxylation sites is 1. The molecule has 0 radical (unpaired) electrons. The molecule has 0 aliphatic heterocycles. The summed E-state index contributed by atoms with van der Waals surface area (Å²) >= 11 is 0. The minimum absolute atomic E-state index is 0.120. The fourth-order valence-electron chi connectivity index (χ4n) is 2.77. The summed E-state index contributed by atoms with van der Waals surface area (Å²) in [5, 5.41) is 3.80. The van der Waals surface area contributed by atoms with E-state index in [9.17, 15) is 9.59 Å². The number of ether oxygens (including phenoxy) is 1. The summed E-state index contributed by atoms with van der Waals surface area (Å²) in [6.07, 6.45) is -0.140. The third kappa shape index (κ3) is 4.30. The average molecular weight is 350 g/mol. The lowest BCUT2D eigenvalue weighted by Crippen LogP contribution is -2.37. The van der Waals surface area contributed by atoms with Crippen LogP contribution in [-0.2, 0) is 11.2 Å². The van der Waals surface area contributed by atoms with E-state index < -0.39 is 6.10 Å². The van der Waals surface area contributed by atoms with Crippen molar-refractivity contribution in [1.82, 2.24) is 10.3 Å². The monoisotopic (exact) mass is 350 g/mol. The molecule has 0 saturated carbocycles. The van der Waals surface area contributed by atoms with Gasteiger partial charge in [-0.2, -0.15) is 0 Å². The lowest BCUT2D eigenvalue weighted by molar-refractivity contribution is -0.127. The Hall–Kier alpha value is -3.08. The van der Waals surface area contributed by atoms with Gasteiger partial charge in [0.2, 0.25) is 0 Å². The Morgan fingerprint density at radius 2 is 1.92 bits per heavy atom. The zero-order chi connectivity index (χ0) is 18.5. The second kappa shape index (κ2) is 7.87. The number of hydrogen-bond donors (Lipinski definition) is 2. The summed E-state index contributed by atoms with van der Waals surface area (Å²) in [6, 6.07) is 17.0. The Labute approximate surface area is 152 Å². The van der Waals surface area contributed by atoms with Crippen LogP contribution in [0.3, 0.4) is 0 Å². The normalized spacial score (nSPS) is 11.9. The number of benzene rings is 2. The number of aromatic nitrogens is 1. The lowest BCUT2D eigenvalue weighted by atomic mass is 10.1. The van der Waals surface area contributed by atoms with Crippen molar-refractivity contribution in [3.8, 4) is 5.75 Å². The lowest BCUT2D eigenvalue weighted by Gasteiger charge is -2.14. The quantitative estimate of drug-likeness (QED) is 0.718. The van der Waals surface area contributed by atoms with E-state index in [1.807, 2.05) is 49.4 Å². The van der Waals surface area contributed by atoms with Crippen molar-refractivity contribution in [2.45, 2.75) is 26.4 Å². The zero-order valence-corrected chi connectivity index (χ0v) is 14.9. The Morgan fingerprint density at radius 1 is 1.15 bits per heavy atom. The van der Waals surface area contributed by atoms with E-state index in [4.69, 9.17) is 4.74 Å². The number of nitrogens with one attached hydrogen (secondary N) is 2. The number of H-pyrrole nitrogens is 1. The molecule has 0 aliphatic carbocycles. The van der Waals surface area contributed by atoms with Gasteiger partial charge >= 0.3 is 0 Å². The number of rotatable bonds is 6. The Kier molecular flexibility index (Phi) is 5.37. The van der Waals surface area contributed by atoms with Gasteiger partial charge in [-0.25, -0.2) is 0 Å². The number of amides is 1. The van der Waals surface area contributed by atoms with Crippen molar-refractivity contribution >= 4 is 16.8 Å². The topological polar surface area (TPSA) is 71.2 Å². The molecular formula is C21H22N2O3. The van der Waals surface area contributed by atoms with E-state index in [0.29, 0.717) is 24.3 Å². The smallest absolute Gasteiger partial charge is 0.260 e. The first-order valence-electron chi connectivity index (χ1n) is 8.65. The number of carbonyl (C=O) groups excluding carboxylic acids is 1. The van der Waals surface area contributed by atoms with E-state index in [-0.39, 0.29) is 11.5 Å². The molecule has 0 aliphatic rings. The number of aromatic amines is 1. The SMILES string of the molecule is Cc1ccc2cc(CCNC(=O)C(C)Oc3ccccc3)c(=O)[nH]c2c1. The van der Waals surface area contributed by atoms with Crippen LogP contribution in [0.4, 0.5) is 0 Å². The van der Waals surface area contributed by atoms with Crippen LogP contribution in [0, 0.1) is 6.92 Å². The highest BCUT2D eigenvalue weighted by Crippen LogP contribution is 2.13.